The summed E-state index contributed by atoms with van der Waals surface area (Å²) in [5.74, 6) is 1.41. The first-order valence-corrected chi connectivity index (χ1v) is 10.4. The summed E-state index contributed by atoms with van der Waals surface area (Å²) in [6.45, 7) is 1.86. The lowest BCUT2D eigenvalue weighted by atomic mass is 10.2. The third-order valence-electron chi connectivity index (χ3n) is 4.44. The fourth-order valence-electron chi connectivity index (χ4n) is 2.98. The molecule has 7 nitrogen and oxygen atoms in total. The molecule has 0 amide bonds. The first-order valence-electron chi connectivity index (χ1n) is 9.22. The maximum atomic E-state index is 12.1. The summed E-state index contributed by atoms with van der Waals surface area (Å²) in [7, 11) is 2.81. The lowest BCUT2D eigenvalue weighted by Crippen LogP contribution is -2.05. The number of ether oxygens (including phenoxy) is 3. The van der Waals surface area contributed by atoms with Crippen LogP contribution in [0.3, 0.4) is 0 Å². The van der Waals surface area contributed by atoms with Gasteiger partial charge in [0, 0.05) is 10.6 Å². The Balaban J connectivity index is 1.66. The molecule has 4 rings (SSSR count). The molecule has 2 aromatic carbocycles. The first kappa shape index (κ1) is 20.9. The van der Waals surface area contributed by atoms with Crippen LogP contribution in [0.4, 0.5) is 0 Å². The molecule has 0 fully saturated rings. The normalized spacial score (nSPS) is 11.5. The van der Waals surface area contributed by atoms with Gasteiger partial charge in [0.15, 0.2) is 5.82 Å². The van der Waals surface area contributed by atoms with Crippen molar-refractivity contribution in [2.75, 3.05) is 14.2 Å². The highest BCUT2D eigenvalue weighted by atomic mass is 35.5. The molecule has 4 aromatic rings. The molecule has 0 saturated carbocycles. The fraction of sp³-hybridized carbons (Fsp3) is 0.136. The minimum absolute atomic E-state index is 0.319. The molecular weight excluding hydrogens is 438 g/mol. The predicted molar refractivity (Wildman–Crippen MR) is 120 cm³/mol. The van der Waals surface area contributed by atoms with Crippen LogP contribution in [-0.2, 0) is 14.3 Å². The standard InChI is InChI=1S/C22H18ClN3O4S/c1-13-19(18(12-28-2)21(27)29-3)31-22-24-20(25-26(13)22)14-5-4-6-17(11-14)30-16-9-7-15(23)8-10-16/h4-12H,1-3H3/b18-12-. The quantitative estimate of drug-likeness (QED) is 0.221. The summed E-state index contributed by atoms with van der Waals surface area (Å²) in [6, 6.07) is 14.7. The van der Waals surface area contributed by atoms with Crippen LogP contribution in [0, 0.1) is 6.92 Å². The van der Waals surface area contributed by atoms with Gasteiger partial charge in [-0.15, -0.1) is 5.10 Å². The highest BCUT2D eigenvalue weighted by molar-refractivity contribution is 7.18. The number of benzene rings is 2. The second-order valence-corrected chi connectivity index (χ2v) is 7.90. The SMILES string of the molecule is CO/C=C(\C(=O)OC)c1sc2nc(-c3cccc(Oc4ccc(Cl)cc4)c3)nn2c1C. The first-order chi connectivity index (χ1) is 15.0. The number of carbonyl (C=O) groups is 1. The average Bonchev–Trinajstić information content (AvgIpc) is 3.33. The van der Waals surface area contributed by atoms with E-state index in [1.54, 1.807) is 28.8 Å². The van der Waals surface area contributed by atoms with Crippen LogP contribution < -0.4 is 4.74 Å². The third-order valence-corrected chi connectivity index (χ3v) is 5.86. The van der Waals surface area contributed by atoms with Crippen LogP contribution in [0.1, 0.15) is 10.6 Å². The number of hydrogen-bond donors (Lipinski definition) is 0. The van der Waals surface area contributed by atoms with E-state index in [2.05, 4.69) is 10.1 Å². The Kier molecular flexibility index (Phi) is 5.92. The number of nitrogens with zero attached hydrogens (tertiary/aromatic N) is 3. The van der Waals surface area contributed by atoms with Gasteiger partial charge in [-0.25, -0.2) is 9.31 Å². The zero-order chi connectivity index (χ0) is 22.0. The number of fused-ring (bicyclic) bond motifs is 1. The van der Waals surface area contributed by atoms with E-state index in [-0.39, 0.29) is 0 Å². The third kappa shape index (κ3) is 4.26. The Bertz CT molecular complexity index is 1280. The number of halogens is 1. The topological polar surface area (TPSA) is 75.0 Å². The molecule has 0 radical (unpaired) electrons. The monoisotopic (exact) mass is 455 g/mol. The Labute approximate surface area is 187 Å². The molecule has 0 N–H and O–H groups in total. The number of carbonyl (C=O) groups excluding carboxylic acids is 1. The van der Waals surface area contributed by atoms with Crippen LogP contribution in [0.25, 0.3) is 21.9 Å². The van der Waals surface area contributed by atoms with Gasteiger partial charge < -0.3 is 14.2 Å². The second-order valence-electron chi connectivity index (χ2n) is 6.49. The Morgan fingerprint density at radius 1 is 1.13 bits per heavy atom. The molecule has 2 heterocycles. The van der Waals surface area contributed by atoms with Gasteiger partial charge in [0.2, 0.25) is 4.96 Å². The summed E-state index contributed by atoms with van der Waals surface area (Å²) in [5, 5.41) is 5.26. The molecule has 0 bridgehead atoms. The Hall–Kier alpha value is -3.36. The van der Waals surface area contributed by atoms with Gasteiger partial charge in [-0.1, -0.05) is 35.1 Å². The van der Waals surface area contributed by atoms with Gasteiger partial charge >= 0.3 is 5.97 Å². The molecule has 2 aromatic heterocycles. The van der Waals surface area contributed by atoms with Crippen LogP contribution in [0.5, 0.6) is 11.5 Å². The summed E-state index contributed by atoms with van der Waals surface area (Å²) in [4.78, 5) is 18.1. The fourth-order valence-corrected chi connectivity index (χ4v) is 4.16. The molecule has 0 aliphatic heterocycles. The van der Waals surface area contributed by atoms with Crippen molar-refractivity contribution in [3.05, 3.63) is 70.4 Å². The highest BCUT2D eigenvalue weighted by Crippen LogP contribution is 2.32. The maximum Gasteiger partial charge on any atom is 0.342 e. The second kappa shape index (κ2) is 8.79. The van der Waals surface area contributed by atoms with Gasteiger partial charge in [-0.2, -0.15) is 4.98 Å². The molecule has 0 unspecified atom stereocenters. The predicted octanol–water partition coefficient (Wildman–Crippen LogP) is 5.37. The van der Waals surface area contributed by atoms with E-state index in [0.29, 0.717) is 37.8 Å². The van der Waals surface area contributed by atoms with Crippen molar-refractivity contribution in [1.29, 1.82) is 0 Å². The highest BCUT2D eigenvalue weighted by Gasteiger charge is 2.22. The zero-order valence-corrected chi connectivity index (χ0v) is 18.5. The van der Waals surface area contributed by atoms with E-state index >= 15 is 0 Å². The van der Waals surface area contributed by atoms with E-state index in [4.69, 9.17) is 25.8 Å². The van der Waals surface area contributed by atoms with Crippen molar-refractivity contribution in [3.8, 4) is 22.9 Å². The van der Waals surface area contributed by atoms with Crippen molar-refractivity contribution in [3.63, 3.8) is 0 Å². The van der Waals surface area contributed by atoms with Crippen molar-refractivity contribution < 1.29 is 19.0 Å². The molecule has 0 aliphatic carbocycles. The number of rotatable bonds is 6. The average molecular weight is 456 g/mol. The molecule has 158 valence electrons. The van der Waals surface area contributed by atoms with E-state index in [9.17, 15) is 4.79 Å². The molecule has 0 atom stereocenters. The van der Waals surface area contributed by atoms with Crippen LogP contribution in [-0.4, -0.2) is 34.8 Å². The van der Waals surface area contributed by atoms with Crippen LogP contribution in [0.15, 0.2) is 54.8 Å². The van der Waals surface area contributed by atoms with E-state index in [1.165, 1.54) is 31.8 Å². The van der Waals surface area contributed by atoms with Gasteiger partial charge in [-0.05, 0) is 43.3 Å². The minimum Gasteiger partial charge on any atom is -0.503 e. The summed E-state index contributed by atoms with van der Waals surface area (Å²) >= 11 is 7.26. The summed E-state index contributed by atoms with van der Waals surface area (Å²) < 4.78 is 17.5. The molecule has 9 heteroatoms. The van der Waals surface area contributed by atoms with E-state index in [0.717, 1.165) is 11.3 Å². The largest absolute Gasteiger partial charge is 0.503 e. The zero-order valence-electron chi connectivity index (χ0n) is 17.0. The van der Waals surface area contributed by atoms with Crippen molar-refractivity contribution in [2.45, 2.75) is 6.92 Å². The van der Waals surface area contributed by atoms with E-state index < -0.39 is 5.97 Å². The van der Waals surface area contributed by atoms with Crippen molar-refractivity contribution in [2.24, 2.45) is 0 Å². The minimum atomic E-state index is -0.485. The van der Waals surface area contributed by atoms with Crippen molar-refractivity contribution >= 4 is 39.4 Å². The summed E-state index contributed by atoms with van der Waals surface area (Å²) in [5.41, 5.74) is 1.89. The van der Waals surface area contributed by atoms with Crippen LogP contribution in [0.2, 0.25) is 5.02 Å². The number of aryl methyl sites for hydroxylation is 1. The number of thiazole rings is 1. The van der Waals surface area contributed by atoms with E-state index in [1.807, 2.05) is 31.2 Å². The lowest BCUT2D eigenvalue weighted by molar-refractivity contribution is -0.133. The lowest BCUT2D eigenvalue weighted by Gasteiger charge is -2.06. The summed E-state index contributed by atoms with van der Waals surface area (Å²) in [6.07, 6.45) is 1.36. The molecule has 0 spiro atoms. The molecular formula is C22H18ClN3O4S. The van der Waals surface area contributed by atoms with Gasteiger partial charge in [0.1, 0.15) is 17.1 Å². The smallest absolute Gasteiger partial charge is 0.342 e. The van der Waals surface area contributed by atoms with Gasteiger partial charge in [0.05, 0.1) is 31.1 Å². The Morgan fingerprint density at radius 2 is 1.90 bits per heavy atom. The molecule has 0 saturated heterocycles. The maximum absolute atomic E-state index is 12.1. The number of hydrogen-bond acceptors (Lipinski definition) is 7. The number of aromatic nitrogens is 3. The van der Waals surface area contributed by atoms with Crippen LogP contribution >= 0.6 is 22.9 Å². The Morgan fingerprint density at radius 3 is 2.58 bits per heavy atom. The number of esters is 1. The van der Waals surface area contributed by atoms with Gasteiger partial charge in [0.25, 0.3) is 0 Å². The molecule has 0 aliphatic rings. The number of methoxy groups -OCH3 is 2. The van der Waals surface area contributed by atoms with Gasteiger partial charge in [-0.3, -0.25) is 0 Å². The molecule has 31 heavy (non-hydrogen) atoms. The van der Waals surface area contributed by atoms with Crippen molar-refractivity contribution in [1.82, 2.24) is 14.6 Å².